The molecule has 0 aromatic heterocycles. The van der Waals surface area contributed by atoms with Crippen molar-refractivity contribution in [2.45, 2.75) is 36.8 Å². The second-order valence-corrected chi connectivity index (χ2v) is 7.34. The second kappa shape index (κ2) is 7.46. The lowest BCUT2D eigenvalue weighted by Crippen LogP contribution is -2.55. The summed E-state index contributed by atoms with van der Waals surface area (Å²) in [5.41, 5.74) is 0.598. The van der Waals surface area contributed by atoms with Crippen LogP contribution in [0.2, 0.25) is 0 Å². The number of halogens is 4. The maximum atomic E-state index is 13.3. The van der Waals surface area contributed by atoms with E-state index >= 15 is 0 Å². The summed E-state index contributed by atoms with van der Waals surface area (Å²) in [6, 6.07) is 11.8. The van der Waals surface area contributed by atoms with Gasteiger partial charge in [0.1, 0.15) is 5.82 Å². The lowest BCUT2D eigenvalue weighted by Gasteiger charge is -2.45. The predicted octanol–water partition coefficient (Wildman–Crippen LogP) is 4.80. The number of nitrogens with one attached hydrogen (secondary N) is 1. The Balaban J connectivity index is 1.39. The highest BCUT2D eigenvalue weighted by molar-refractivity contribution is 5.33. The fourth-order valence-corrected chi connectivity index (χ4v) is 3.94. The normalized spacial score (nSPS) is 28.4. The lowest BCUT2D eigenvalue weighted by atomic mass is 9.86. The maximum Gasteiger partial charge on any atom is 0.416 e. The first-order chi connectivity index (χ1) is 13.4. The first kappa shape index (κ1) is 19.4. The third kappa shape index (κ3) is 3.92. The Bertz CT molecular complexity index is 804. The number of alkyl halides is 3. The van der Waals surface area contributed by atoms with E-state index in [1.165, 1.54) is 24.3 Å². The molecular formula is C21H21F4NO2. The highest BCUT2D eigenvalue weighted by Gasteiger charge is 2.43. The van der Waals surface area contributed by atoms with Crippen LogP contribution in [0.25, 0.3) is 0 Å². The van der Waals surface area contributed by atoms with E-state index in [0.29, 0.717) is 26.0 Å². The van der Waals surface area contributed by atoms with Crippen LogP contribution in [0.5, 0.6) is 0 Å². The van der Waals surface area contributed by atoms with Crippen molar-refractivity contribution in [1.29, 1.82) is 0 Å². The molecular weight excluding hydrogens is 374 g/mol. The molecule has 4 rings (SSSR count). The number of hydrogen-bond donors (Lipinski definition) is 1. The van der Waals surface area contributed by atoms with Crippen molar-refractivity contribution in [1.82, 2.24) is 5.32 Å². The van der Waals surface area contributed by atoms with Crippen LogP contribution < -0.4 is 5.32 Å². The summed E-state index contributed by atoms with van der Waals surface area (Å²) in [5, 5.41) is 3.35. The van der Waals surface area contributed by atoms with Gasteiger partial charge in [-0.1, -0.05) is 30.3 Å². The van der Waals surface area contributed by atoms with Crippen molar-refractivity contribution in [3.8, 4) is 0 Å². The van der Waals surface area contributed by atoms with Gasteiger partial charge in [-0.2, -0.15) is 13.2 Å². The largest absolute Gasteiger partial charge is 0.416 e. The molecule has 0 saturated carbocycles. The number of benzene rings is 2. The molecule has 0 radical (unpaired) electrons. The number of ether oxygens (including phenoxy) is 2. The molecule has 3 atom stereocenters. The third-order valence-electron chi connectivity index (χ3n) is 5.53. The minimum Gasteiger partial charge on any atom is -0.348 e. The van der Waals surface area contributed by atoms with E-state index in [0.717, 1.165) is 11.6 Å². The van der Waals surface area contributed by atoms with Crippen LogP contribution in [-0.4, -0.2) is 25.5 Å². The van der Waals surface area contributed by atoms with Gasteiger partial charge >= 0.3 is 6.18 Å². The van der Waals surface area contributed by atoms with E-state index in [1.54, 1.807) is 18.2 Å². The first-order valence-corrected chi connectivity index (χ1v) is 9.29. The van der Waals surface area contributed by atoms with E-state index < -0.39 is 17.5 Å². The zero-order valence-corrected chi connectivity index (χ0v) is 15.1. The van der Waals surface area contributed by atoms with Gasteiger partial charge < -0.3 is 14.8 Å². The third-order valence-corrected chi connectivity index (χ3v) is 5.53. The van der Waals surface area contributed by atoms with E-state index in [-0.39, 0.29) is 29.9 Å². The van der Waals surface area contributed by atoms with Crippen molar-refractivity contribution >= 4 is 0 Å². The molecule has 0 amide bonds. The summed E-state index contributed by atoms with van der Waals surface area (Å²) in [5.74, 6) is -1.43. The minimum atomic E-state index is -4.38. The van der Waals surface area contributed by atoms with Gasteiger partial charge in [0.05, 0.1) is 31.4 Å². The van der Waals surface area contributed by atoms with Crippen LogP contribution in [0.1, 0.15) is 41.5 Å². The molecule has 1 spiro atoms. The molecule has 2 saturated heterocycles. The monoisotopic (exact) mass is 395 g/mol. The summed E-state index contributed by atoms with van der Waals surface area (Å²) < 4.78 is 64.8. The summed E-state index contributed by atoms with van der Waals surface area (Å²) in [4.78, 5) is 0. The number of morpholine rings is 1. The number of rotatable bonds is 2. The Kier molecular flexibility index (Phi) is 5.16. The van der Waals surface area contributed by atoms with E-state index in [4.69, 9.17) is 9.47 Å². The van der Waals surface area contributed by atoms with E-state index in [1.807, 2.05) is 0 Å². The molecule has 7 heteroatoms. The molecule has 2 heterocycles. The highest BCUT2D eigenvalue weighted by atomic mass is 19.4. The zero-order chi connectivity index (χ0) is 19.8. The van der Waals surface area contributed by atoms with Gasteiger partial charge in [-0.3, -0.25) is 0 Å². The van der Waals surface area contributed by atoms with Gasteiger partial charge in [-0.15, -0.1) is 0 Å². The molecule has 3 nitrogen and oxygen atoms in total. The Hall–Kier alpha value is -1.96. The summed E-state index contributed by atoms with van der Waals surface area (Å²) in [7, 11) is 0. The van der Waals surface area contributed by atoms with Crippen LogP contribution >= 0.6 is 0 Å². The molecule has 2 aliphatic heterocycles. The molecule has 2 aromatic carbocycles. The van der Waals surface area contributed by atoms with Gasteiger partial charge in [0.25, 0.3) is 0 Å². The molecule has 2 fully saturated rings. The van der Waals surface area contributed by atoms with Gasteiger partial charge in [-0.05, 0) is 35.7 Å². The minimum absolute atomic E-state index is 0.0708. The van der Waals surface area contributed by atoms with Gasteiger partial charge in [0.2, 0.25) is 0 Å². The SMILES string of the molecule is Fc1ccc([C@H]2COC3(CC[C@H](c4ccccc4C(F)(F)F)CO3)CN2)cc1. The van der Waals surface area contributed by atoms with Crippen molar-refractivity contribution < 1.29 is 27.0 Å². The lowest BCUT2D eigenvalue weighted by molar-refractivity contribution is -0.273. The molecule has 0 aliphatic carbocycles. The summed E-state index contributed by atoms with van der Waals surface area (Å²) in [6.45, 7) is 0.966. The highest BCUT2D eigenvalue weighted by Crippen LogP contribution is 2.41. The van der Waals surface area contributed by atoms with Crippen LogP contribution in [-0.2, 0) is 15.7 Å². The topological polar surface area (TPSA) is 30.5 Å². The van der Waals surface area contributed by atoms with Crippen molar-refractivity contribution in [2.75, 3.05) is 19.8 Å². The van der Waals surface area contributed by atoms with Crippen molar-refractivity contribution in [2.24, 2.45) is 0 Å². The Morgan fingerprint density at radius 3 is 2.29 bits per heavy atom. The Morgan fingerprint density at radius 1 is 0.964 bits per heavy atom. The maximum absolute atomic E-state index is 13.3. The smallest absolute Gasteiger partial charge is 0.348 e. The quantitative estimate of drug-likeness (QED) is 0.742. The van der Waals surface area contributed by atoms with Crippen LogP contribution in [0.4, 0.5) is 17.6 Å². The summed E-state index contributed by atoms with van der Waals surface area (Å²) in [6.07, 6.45) is -3.32. The van der Waals surface area contributed by atoms with Gasteiger partial charge in [-0.25, -0.2) is 4.39 Å². The Morgan fingerprint density at radius 2 is 1.68 bits per heavy atom. The molecule has 2 aromatic rings. The van der Waals surface area contributed by atoms with Crippen LogP contribution in [0.15, 0.2) is 48.5 Å². The molecule has 150 valence electrons. The van der Waals surface area contributed by atoms with Crippen molar-refractivity contribution in [3.63, 3.8) is 0 Å². The fourth-order valence-electron chi connectivity index (χ4n) is 3.94. The standard InChI is InChI=1S/C21H21F4NO2/c22-16-7-5-14(6-8-16)19-12-28-20(13-26-19)10-9-15(11-27-20)17-3-1-2-4-18(17)21(23,24)25/h1-8,15,19,26H,9-13H2/t15-,19+,20?/m0/s1. The average Bonchev–Trinajstić information content (AvgIpc) is 2.69. The predicted molar refractivity (Wildman–Crippen MR) is 95.2 cm³/mol. The molecule has 1 N–H and O–H groups in total. The van der Waals surface area contributed by atoms with Crippen LogP contribution in [0, 0.1) is 5.82 Å². The van der Waals surface area contributed by atoms with Gasteiger partial charge in [0, 0.05) is 12.3 Å². The molecule has 2 aliphatic rings. The first-order valence-electron chi connectivity index (χ1n) is 9.29. The van der Waals surface area contributed by atoms with Gasteiger partial charge in [0.15, 0.2) is 5.79 Å². The molecule has 1 unspecified atom stereocenters. The number of hydrogen-bond acceptors (Lipinski definition) is 3. The zero-order valence-electron chi connectivity index (χ0n) is 15.1. The summed E-state index contributed by atoms with van der Waals surface area (Å²) >= 11 is 0. The van der Waals surface area contributed by atoms with Crippen molar-refractivity contribution in [3.05, 3.63) is 71.0 Å². The van der Waals surface area contributed by atoms with Crippen LogP contribution in [0.3, 0.4) is 0 Å². The molecule has 28 heavy (non-hydrogen) atoms. The van der Waals surface area contributed by atoms with E-state index in [2.05, 4.69) is 5.32 Å². The van der Waals surface area contributed by atoms with E-state index in [9.17, 15) is 17.6 Å². The average molecular weight is 395 g/mol. The Labute approximate surface area is 160 Å². The second-order valence-electron chi connectivity index (χ2n) is 7.34. The molecule has 0 bridgehead atoms. The fraction of sp³-hybridized carbons (Fsp3) is 0.429.